The molecule has 1 aromatic rings. The van der Waals surface area contributed by atoms with E-state index in [1.807, 2.05) is 26.8 Å². The molecule has 168 valence electrons. The fraction of sp³-hybridized carbons (Fsp3) is 0.682. The van der Waals surface area contributed by atoms with E-state index in [1.54, 1.807) is 19.2 Å². The van der Waals surface area contributed by atoms with Crippen LogP contribution in [0.3, 0.4) is 0 Å². The highest BCUT2D eigenvalue weighted by atomic mass is 32.2. The number of hydrogen-bond acceptors (Lipinski definition) is 3. The Hall–Kier alpha value is -1.41. The predicted molar refractivity (Wildman–Crippen MR) is 112 cm³/mol. The van der Waals surface area contributed by atoms with E-state index in [9.17, 15) is 17.4 Å². The number of hydrogen-bond donors (Lipinski definition) is 0. The van der Waals surface area contributed by atoms with Crippen molar-refractivity contribution >= 4 is 16.7 Å². The van der Waals surface area contributed by atoms with Crippen molar-refractivity contribution in [2.45, 2.75) is 76.3 Å². The number of nitrogens with zero attached hydrogens (tertiary/aromatic N) is 1. The molecule has 0 saturated heterocycles. The molecular formula is C22H30F3NO3S. The maximum Gasteiger partial charge on any atom is 0.392 e. The maximum absolute atomic E-state index is 12.9. The minimum absolute atomic E-state index is 0.205. The Bertz CT molecular complexity index is 822. The van der Waals surface area contributed by atoms with Crippen molar-refractivity contribution in [2.75, 3.05) is 13.7 Å². The molecule has 2 aliphatic carbocycles. The van der Waals surface area contributed by atoms with Gasteiger partial charge in [0.05, 0.1) is 29.6 Å². The Morgan fingerprint density at radius 1 is 1.20 bits per heavy atom. The van der Waals surface area contributed by atoms with Crippen LogP contribution in [0.15, 0.2) is 22.6 Å². The zero-order valence-electron chi connectivity index (χ0n) is 18.0. The summed E-state index contributed by atoms with van der Waals surface area (Å²) in [4.78, 5) is 0. The van der Waals surface area contributed by atoms with Crippen LogP contribution in [0.2, 0.25) is 0 Å². The monoisotopic (exact) mass is 445 g/mol. The van der Waals surface area contributed by atoms with Crippen LogP contribution in [0, 0.1) is 5.41 Å². The van der Waals surface area contributed by atoms with Gasteiger partial charge >= 0.3 is 6.18 Å². The first-order valence-corrected chi connectivity index (χ1v) is 11.4. The molecule has 1 fully saturated rings. The summed E-state index contributed by atoms with van der Waals surface area (Å²) in [6, 6.07) is 5.39. The van der Waals surface area contributed by atoms with Crippen molar-refractivity contribution in [1.29, 1.82) is 0 Å². The van der Waals surface area contributed by atoms with Gasteiger partial charge in [-0.25, -0.2) is 4.21 Å². The number of halogens is 3. The Labute approximate surface area is 178 Å². The van der Waals surface area contributed by atoms with Gasteiger partial charge in [0.15, 0.2) is 0 Å². The van der Waals surface area contributed by atoms with E-state index < -0.39 is 34.9 Å². The number of fused-ring (bicyclic) bond motifs is 1. The third-order valence-electron chi connectivity index (χ3n) is 5.94. The molecule has 2 aliphatic rings. The molecule has 1 spiro atoms. The highest BCUT2D eigenvalue weighted by Crippen LogP contribution is 2.49. The van der Waals surface area contributed by atoms with E-state index in [-0.39, 0.29) is 11.5 Å². The molecule has 0 heterocycles. The van der Waals surface area contributed by atoms with Gasteiger partial charge in [-0.3, -0.25) is 0 Å². The number of methoxy groups -OCH3 is 1. The van der Waals surface area contributed by atoms with Gasteiger partial charge in [0.25, 0.3) is 0 Å². The molecule has 8 heteroatoms. The Morgan fingerprint density at radius 2 is 1.87 bits per heavy atom. The lowest BCUT2D eigenvalue weighted by atomic mass is 9.70. The molecule has 0 amide bonds. The fourth-order valence-electron chi connectivity index (χ4n) is 4.20. The summed E-state index contributed by atoms with van der Waals surface area (Å²) in [7, 11) is 0.293. The molecule has 3 rings (SSSR count). The maximum atomic E-state index is 12.9. The largest absolute Gasteiger partial charge is 0.493 e. The summed E-state index contributed by atoms with van der Waals surface area (Å²) < 4.78 is 65.3. The summed E-state index contributed by atoms with van der Waals surface area (Å²) >= 11 is 0. The first-order valence-electron chi connectivity index (χ1n) is 10.3. The molecule has 1 unspecified atom stereocenters. The molecule has 0 aliphatic heterocycles. The second kappa shape index (κ2) is 8.61. The SMILES string of the molecule is COC1CCC2(CC1)Cc1ccc(OCCC(F)(F)F)cc1C2=NS(=O)C(C)(C)C. The van der Waals surface area contributed by atoms with Gasteiger partial charge < -0.3 is 9.47 Å². The third-order valence-corrected chi connectivity index (χ3v) is 7.34. The average Bonchev–Trinajstić information content (AvgIpc) is 2.93. The van der Waals surface area contributed by atoms with Gasteiger partial charge in [-0.15, -0.1) is 0 Å². The summed E-state index contributed by atoms with van der Waals surface area (Å²) in [5.41, 5.74) is 2.54. The lowest BCUT2D eigenvalue weighted by Gasteiger charge is -2.37. The molecule has 0 aromatic heterocycles. The lowest BCUT2D eigenvalue weighted by molar-refractivity contribution is -0.139. The van der Waals surface area contributed by atoms with Crippen molar-refractivity contribution < 1.29 is 26.9 Å². The van der Waals surface area contributed by atoms with Crippen LogP contribution in [0.4, 0.5) is 13.2 Å². The van der Waals surface area contributed by atoms with Crippen molar-refractivity contribution in [3.63, 3.8) is 0 Å². The molecule has 1 atom stereocenters. The van der Waals surface area contributed by atoms with Crippen LogP contribution < -0.4 is 4.74 Å². The fourth-order valence-corrected chi connectivity index (χ4v) is 4.93. The average molecular weight is 446 g/mol. The zero-order valence-corrected chi connectivity index (χ0v) is 18.8. The number of ether oxygens (including phenoxy) is 2. The van der Waals surface area contributed by atoms with Gasteiger partial charge in [0.2, 0.25) is 0 Å². The topological polar surface area (TPSA) is 47.9 Å². The second-order valence-corrected chi connectivity index (χ2v) is 11.1. The van der Waals surface area contributed by atoms with E-state index in [1.165, 1.54) is 0 Å². The van der Waals surface area contributed by atoms with E-state index in [0.29, 0.717) is 5.75 Å². The van der Waals surface area contributed by atoms with Crippen LogP contribution >= 0.6 is 0 Å². The first kappa shape index (κ1) is 23.3. The van der Waals surface area contributed by atoms with E-state index >= 15 is 0 Å². The molecule has 30 heavy (non-hydrogen) atoms. The van der Waals surface area contributed by atoms with E-state index in [4.69, 9.17) is 9.47 Å². The molecule has 0 bridgehead atoms. The molecule has 0 N–H and O–H groups in total. The van der Waals surface area contributed by atoms with Crippen LogP contribution in [0.1, 0.15) is 64.0 Å². The highest BCUT2D eigenvalue weighted by Gasteiger charge is 2.46. The van der Waals surface area contributed by atoms with Crippen LogP contribution in [0.25, 0.3) is 0 Å². The predicted octanol–water partition coefficient (Wildman–Crippen LogP) is 5.40. The minimum Gasteiger partial charge on any atom is -0.493 e. The molecule has 1 aromatic carbocycles. The standard InChI is InChI=1S/C22H30F3NO3S/c1-20(2,3)30(27)26-19-18-13-17(29-12-11-22(23,24)25)6-5-15(18)14-21(19)9-7-16(28-4)8-10-21/h5-6,13,16H,7-12,14H2,1-4H3. The summed E-state index contributed by atoms with van der Waals surface area (Å²) in [6.07, 6.45) is -0.675. The van der Waals surface area contributed by atoms with Crippen LogP contribution in [-0.2, 0) is 22.1 Å². The summed E-state index contributed by atoms with van der Waals surface area (Å²) in [6.45, 7) is 5.22. The van der Waals surface area contributed by atoms with E-state index in [2.05, 4.69) is 4.40 Å². The molecule has 4 nitrogen and oxygen atoms in total. The third kappa shape index (κ3) is 5.25. The number of rotatable bonds is 5. The van der Waals surface area contributed by atoms with Crippen molar-refractivity contribution in [1.82, 2.24) is 0 Å². The van der Waals surface area contributed by atoms with Crippen molar-refractivity contribution in [3.8, 4) is 5.75 Å². The Morgan fingerprint density at radius 3 is 2.43 bits per heavy atom. The zero-order chi connectivity index (χ0) is 22.2. The lowest BCUT2D eigenvalue weighted by Crippen LogP contribution is -2.36. The smallest absolute Gasteiger partial charge is 0.392 e. The van der Waals surface area contributed by atoms with Gasteiger partial charge in [-0.2, -0.15) is 17.6 Å². The van der Waals surface area contributed by atoms with Crippen molar-refractivity contribution in [2.24, 2.45) is 9.81 Å². The van der Waals surface area contributed by atoms with Gasteiger partial charge in [0, 0.05) is 18.1 Å². The van der Waals surface area contributed by atoms with Crippen LogP contribution in [0.5, 0.6) is 5.75 Å². The molecular weight excluding hydrogens is 415 g/mol. The first-order chi connectivity index (χ1) is 13.9. The normalized spacial score (nSPS) is 26.8. The summed E-state index contributed by atoms with van der Waals surface area (Å²) in [5, 5.41) is 0. The quantitative estimate of drug-likeness (QED) is 0.610. The highest BCUT2D eigenvalue weighted by molar-refractivity contribution is 7.85. The minimum atomic E-state index is -4.25. The number of benzene rings is 1. The van der Waals surface area contributed by atoms with Crippen LogP contribution in [-0.4, -0.2) is 40.7 Å². The number of alkyl halides is 3. The van der Waals surface area contributed by atoms with Gasteiger partial charge in [-0.05, 0) is 70.6 Å². The molecule has 1 saturated carbocycles. The van der Waals surface area contributed by atoms with Gasteiger partial charge in [0.1, 0.15) is 16.7 Å². The molecule has 0 radical (unpaired) electrons. The Kier molecular flexibility index (Phi) is 6.68. The van der Waals surface area contributed by atoms with Crippen molar-refractivity contribution in [3.05, 3.63) is 29.3 Å². The summed E-state index contributed by atoms with van der Waals surface area (Å²) in [5.74, 6) is 0.384. The Balaban J connectivity index is 1.92. The second-order valence-electron chi connectivity index (χ2n) is 9.23. The van der Waals surface area contributed by atoms with Gasteiger partial charge in [-0.1, -0.05) is 6.07 Å². The van der Waals surface area contributed by atoms with E-state index in [0.717, 1.165) is 48.9 Å².